The minimum atomic E-state index is -0.540. The zero-order chi connectivity index (χ0) is 15.5. The second-order valence-electron chi connectivity index (χ2n) is 5.66. The maximum Gasteiger partial charge on any atom is 0.328 e. The van der Waals surface area contributed by atoms with Crippen molar-refractivity contribution in [3.63, 3.8) is 0 Å². The molecule has 2 atom stereocenters. The van der Waals surface area contributed by atoms with E-state index in [1.54, 1.807) is 0 Å². The second kappa shape index (κ2) is 10.7. The van der Waals surface area contributed by atoms with Crippen LogP contribution >= 0.6 is 0 Å². The van der Waals surface area contributed by atoms with Crippen molar-refractivity contribution in [1.29, 1.82) is 0 Å². The number of nitrogens with two attached hydrogens (primary N) is 1. The number of methoxy groups -OCH3 is 1. The van der Waals surface area contributed by atoms with Gasteiger partial charge in [-0.25, -0.2) is 4.79 Å². The van der Waals surface area contributed by atoms with E-state index in [1.807, 2.05) is 13.8 Å². The van der Waals surface area contributed by atoms with Crippen molar-refractivity contribution < 1.29 is 14.3 Å². The smallest absolute Gasteiger partial charge is 0.328 e. The van der Waals surface area contributed by atoms with Gasteiger partial charge < -0.3 is 15.8 Å². The third kappa shape index (κ3) is 8.15. The number of amides is 1. The van der Waals surface area contributed by atoms with Gasteiger partial charge in [-0.2, -0.15) is 0 Å². The maximum absolute atomic E-state index is 11.9. The second-order valence-corrected chi connectivity index (χ2v) is 5.66. The number of nitrogens with one attached hydrogen (secondary N) is 1. The zero-order valence-corrected chi connectivity index (χ0v) is 13.3. The lowest BCUT2D eigenvalue weighted by Gasteiger charge is -2.19. The molecule has 0 aliphatic carbocycles. The Bertz CT molecular complexity index is 293. The number of carbonyl (C=O) groups excluding carboxylic acids is 2. The van der Waals surface area contributed by atoms with E-state index in [2.05, 4.69) is 12.2 Å². The van der Waals surface area contributed by atoms with Gasteiger partial charge in [0, 0.05) is 6.42 Å². The van der Waals surface area contributed by atoms with Gasteiger partial charge in [0.1, 0.15) is 6.04 Å². The normalized spacial score (nSPS) is 13.9. The van der Waals surface area contributed by atoms with E-state index in [4.69, 9.17) is 10.5 Å². The third-order valence-electron chi connectivity index (χ3n) is 3.46. The topological polar surface area (TPSA) is 81.4 Å². The van der Waals surface area contributed by atoms with Crippen molar-refractivity contribution in [2.45, 2.75) is 58.9 Å². The highest BCUT2D eigenvalue weighted by Gasteiger charge is 2.22. The van der Waals surface area contributed by atoms with Gasteiger partial charge in [-0.1, -0.05) is 27.2 Å². The highest BCUT2D eigenvalue weighted by atomic mass is 16.5. The Morgan fingerprint density at radius 3 is 2.35 bits per heavy atom. The molecule has 5 heteroatoms. The van der Waals surface area contributed by atoms with Crippen LogP contribution in [0.4, 0.5) is 0 Å². The SMILES string of the molecule is CCC(CCN)CCC(=O)NC(CC(C)C)C(=O)OC. The molecule has 0 radical (unpaired) electrons. The average Bonchev–Trinajstić information content (AvgIpc) is 2.41. The maximum atomic E-state index is 11.9. The molecule has 0 saturated carbocycles. The fraction of sp³-hybridized carbons (Fsp3) is 0.867. The number of esters is 1. The fourth-order valence-corrected chi connectivity index (χ4v) is 2.22. The van der Waals surface area contributed by atoms with Crippen LogP contribution in [0, 0.1) is 11.8 Å². The van der Waals surface area contributed by atoms with Crippen LogP contribution in [0.1, 0.15) is 52.9 Å². The molecule has 0 aromatic carbocycles. The van der Waals surface area contributed by atoms with Gasteiger partial charge in [-0.05, 0) is 37.6 Å². The first-order chi connectivity index (χ1) is 9.44. The van der Waals surface area contributed by atoms with E-state index < -0.39 is 6.04 Å². The predicted molar refractivity (Wildman–Crippen MR) is 80.1 cm³/mol. The third-order valence-corrected chi connectivity index (χ3v) is 3.46. The van der Waals surface area contributed by atoms with E-state index >= 15 is 0 Å². The first kappa shape index (κ1) is 18.9. The van der Waals surface area contributed by atoms with Crippen LogP contribution in [0.15, 0.2) is 0 Å². The predicted octanol–water partition coefficient (Wildman–Crippen LogP) is 1.85. The zero-order valence-electron chi connectivity index (χ0n) is 13.3. The van der Waals surface area contributed by atoms with Crippen LogP contribution in [0.25, 0.3) is 0 Å². The molecular weight excluding hydrogens is 256 g/mol. The van der Waals surface area contributed by atoms with Crippen LogP contribution in [-0.4, -0.2) is 31.6 Å². The Balaban J connectivity index is 4.27. The van der Waals surface area contributed by atoms with E-state index in [0.717, 1.165) is 19.3 Å². The lowest BCUT2D eigenvalue weighted by molar-refractivity contribution is -0.145. The minimum absolute atomic E-state index is 0.0866. The van der Waals surface area contributed by atoms with Gasteiger partial charge in [0.2, 0.25) is 5.91 Å². The highest BCUT2D eigenvalue weighted by Crippen LogP contribution is 2.14. The molecule has 118 valence electrons. The molecular formula is C15H30N2O3. The molecule has 5 nitrogen and oxygen atoms in total. The first-order valence-electron chi connectivity index (χ1n) is 7.51. The number of rotatable bonds is 10. The van der Waals surface area contributed by atoms with E-state index in [9.17, 15) is 9.59 Å². The van der Waals surface area contributed by atoms with Crippen LogP contribution in [0.3, 0.4) is 0 Å². The summed E-state index contributed by atoms with van der Waals surface area (Å²) in [6.45, 7) is 6.78. The molecule has 1 amide bonds. The molecule has 0 saturated heterocycles. The summed E-state index contributed by atoms with van der Waals surface area (Å²) in [5, 5.41) is 2.78. The molecule has 0 aromatic rings. The van der Waals surface area contributed by atoms with E-state index in [-0.39, 0.29) is 11.9 Å². The van der Waals surface area contributed by atoms with Crippen molar-refractivity contribution in [3.8, 4) is 0 Å². The number of carbonyl (C=O) groups is 2. The summed E-state index contributed by atoms with van der Waals surface area (Å²) in [5.41, 5.74) is 5.54. The van der Waals surface area contributed by atoms with Crippen molar-refractivity contribution in [2.24, 2.45) is 17.6 Å². The lowest BCUT2D eigenvalue weighted by atomic mass is 9.96. The Morgan fingerprint density at radius 2 is 1.90 bits per heavy atom. The number of hydrogen-bond acceptors (Lipinski definition) is 4. The largest absolute Gasteiger partial charge is 0.467 e. The quantitative estimate of drug-likeness (QED) is 0.600. The summed E-state index contributed by atoms with van der Waals surface area (Å²) in [6, 6.07) is -0.540. The first-order valence-corrected chi connectivity index (χ1v) is 7.51. The average molecular weight is 286 g/mol. The van der Waals surface area contributed by atoms with E-state index in [0.29, 0.717) is 31.2 Å². The molecule has 20 heavy (non-hydrogen) atoms. The monoisotopic (exact) mass is 286 g/mol. The molecule has 0 aromatic heterocycles. The molecule has 0 fully saturated rings. The van der Waals surface area contributed by atoms with Gasteiger partial charge >= 0.3 is 5.97 Å². The van der Waals surface area contributed by atoms with Crippen molar-refractivity contribution in [1.82, 2.24) is 5.32 Å². The Hall–Kier alpha value is -1.10. The summed E-state index contributed by atoms with van der Waals surface area (Å²) >= 11 is 0. The van der Waals surface area contributed by atoms with Crippen molar-refractivity contribution >= 4 is 11.9 Å². The molecule has 2 unspecified atom stereocenters. The fourth-order valence-electron chi connectivity index (χ4n) is 2.22. The molecule has 0 bridgehead atoms. The van der Waals surface area contributed by atoms with Crippen LogP contribution in [0.5, 0.6) is 0 Å². The van der Waals surface area contributed by atoms with Gasteiger partial charge in [0.05, 0.1) is 7.11 Å². The van der Waals surface area contributed by atoms with Crippen molar-refractivity contribution in [3.05, 3.63) is 0 Å². The Kier molecular flexibility index (Phi) is 10.1. The van der Waals surface area contributed by atoms with Gasteiger partial charge in [-0.3, -0.25) is 4.79 Å². The Morgan fingerprint density at radius 1 is 1.25 bits per heavy atom. The summed E-state index contributed by atoms with van der Waals surface area (Å²) < 4.78 is 4.73. The van der Waals surface area contributed by atoms with Gasteiger partial charge in [-0.15, -0.1) is 0 Å². The molecule has 0 spiro atoms. The number of hydrogen-bond donors (Lipinski definition) is 2. The minimum Gasteiger partial charge on any atom is -0.467 e. The van der Waals surface area contributed by atoms with Gasteiger partial charge in [0.15, 0.2) is 0 Å². The molecule has 3 N–H and O–H groups in total. The summed E-state index contributed by atoms with van der Waals surface area (Å²) in [5.74, 6) is 0.338. The van der Waals surface area contributed by atoms with Crippen molar-refractivity contribution in [2.75, 3.05) is 13.7 Å². The standard InChI is InChI=1S/C15H30N2O3/c1-5-12(8-9-16)6-7-14(18)17-13(10-11(2)3)15(19)20-4/h11-13H,5-10,16H2,1-4H3,(H,17,18). The molecule has 0 rings (SSSR count). The lowest BCUT2D eigenvalue weighted by Crippen LogP contribution is -2.42. The Labute approximate surface area is 122 Å². The summed E-state index contributed by atoms with van der Waals surface area (Å²) in [7, 11) is 1.34. The van der Waals surface area contributed by atoms with E-state index in [1.165, 1.54) is 7.11 Å². The number of ether oxygens (including phenoxy) is 1. The molecule has 0 aliphatic rings. The van der Waals surface area contributed by atoms with Crippen LogP contribution in [0.2, 0.25) is 0 Å². The molecule has 0 heterocycles. The van der Waals surface area contributed by atoms with Gasteiger partial charge in [0.25, 0.3) is 0 Å². The van der Waals surface area contributed by atoms with Crippen LogP contribution < -0.4 is 11.1 Å². The highest BCUT2D eigenvalue weighted by molar-refractivity contribution is 5.84. The summed E-state index contributed by atoms with van der Waals surface area (Å²) in [6.07, 6.45) is 3.81. The van der Waals surface area contributed by atoms with Crippen LogP contribution in [-0.2, 0) is 14.3 Å². The molecule has 0 aliphatic heterocycles. The summed E-state index contributed by atoms with van der Waals surface area (Å²) in [4.78, 5) is 23.6.